The first-order valence-corrected chi connectivity index (χ1v) is 4.29. The van der Waals surface area contributed by atoms with Crippen LogP contribution in [0.25, 0.3) is 17.0 Å². The van der Waals surface area contributed by atoms with Crippen LogP contribution in [0.3, 0.4) is 0 Å². The summed E-state index contributed by atoms with van der Waals surface area (Å²) in [6.07, 6.45) is 1.85. The average Bonchev–Trinajstić information content (AvgIpc) is 2.17. The van der Waals surface area contributed by atoms with Crippen molar-refractivity contribution in [1.29, 1.82) is 0 Å². The van der Waals surface area contributed by atoms with Crippen LogP contribution in [-0.2, 0) is 0 Å². The lowest BCUT2D eigenvalue weighted by atomic mass is 10.1. The van der Waals surface area contributed by atoms with Crippen LogP contribution in [-0.4, -0.2) is 4.98 Å². The zero-order chi connectivity index (χ0) is 9.26. The number of hydrogen-bond donors (Lipinski definition) is 0. The van der Waals surface area contributed by atoms with E-state index in [0.29, 0.717) is 0 Å². The molecule has 0 saturated heterocycles. The Labute approximate surface area is 77.7 Å². The van der Waals surface area contributed by atoms with Crippen molar-refractivity contribution in [3.05, 3.63) is 48.2 Å². The molecule has 1 aromatic carbocycles. The lowest BCUT2D eigenvalue weighted by Gasteiger charge is -1.99. The van der Waals surface area contributed by atoms with Crippen LogP contribution in [0.4, 0.5) is 0 Å². The summed E-state index contributed by atoms with van der Waals surface area (Å²) >= 11 is 0. The summed E-state index contributed by atoms with van der Waals surface area (Å²) in [6.45, 7) is 5.74. The van der Waals surface area contributed by atoms with E-state index in [1.54, 1.807) is 0 Å². The van der Waals surface area contributed by atoms with Crippen molar-refractivity contribution in [3.8, 4) is 0 Å². The van der Waals surface area contributed by atoms with Crippen molar-refractivity contribution < 1.29 is 0 Å². The van der Waals surface area contributed by atoms with Gasteiger partial charge in [-0.2, -0.15) is 0 Å². The molecule has 1 heteroatoms. The number of nitrogens with zero attached hydrogens (tertiary/aromatic N) is 1. The molecular weight excluding hydrogens is 158 g/mol. The number of rotatable bonds is 1. The minimum absolute atomic E-state index is 1.05. The summed E-state index contributed by atoms with van der Waals surface area (Å²) in [6, 6.07) is 10.3. The van der Waals surface area contributed by atoms with Crippen LogP contribution in [0.15, 0.2) is 36.9 Å². The lowest BCUT2D eigenvalue weighted by molar-refractivity contribution is 1.26. The molecular formula is C12H11N. The van der Waals surface area contributed by atoms with Gasteiger partial charge in [-0.25, -0.2) is 0 Å². The van der Waals surface area contributed by atoms with Crippen molar-refractivity contribution in [1.82, 2.24) is 4.98 Å². The van der Waals surface area contributed by atoms with E-state index in [4.69, 9.17) is 0 Å². The van der Waals surface area contributed by atoms with E-state index < -0.39 is 0 Å². The molecule has 64 valence electrons. The molecule has 0 spiro atoms. The van der Waals surface area contributed by atoms with Crippen molar-refractivity contribution in [2.45, 2.75) is 6.92 Å². The first kappa shape index (κ1) is 7.99. The third-order valence-electron chi connectivity index (χ3n) is 2.09. The van der Waals surface area contributed by atoms with Crippen molar-refractivity contribution >= 4 is 17.0 Å². The summed E-state index contributed by atoms with van der Waals surface area (Å²) in [5.74, 6) is 0. The molecule has 0 N–H and O–H groups in total. The highest BCUT2D eigenvalue weighted by Crippen LogP contribution is 2.15. The molecule has 0 aliphatic rings. The summed E-state index contributed by atoms with van der Waals surface area (Å²) in [7, 11) is 0. The van der Waals surface area contributed by atoms with Crippen LogP contribution in [0.1, 0.15) is 11.3 Å². The monoisotopic (exact) mass is 169 g/mol. The first-order valence-electron chi connectivity index (χ1n) is 4.29. The van der Waals surface area contributed by atoms with Gasteiger partial charge in [0, 0.05) is 11.1 Å². The maximum atomic E-state index is 4.42. The van der Waals surface area contributed by atoms with Gasteiger partial charge in [-0.05, 0) is 30.7 Å². The van der Waals surface area contributed by atoms with Crippen LogP contribution in [0.2, 0.25) is 0 Å². The fraction of sp³-hybridized carbons (Fsp3) is 0.0833. The largest absolute Gasteiger partial charge is 0.253 e. The number of fused-ring (bicyclic) bond motifs is 1. The third-order valence-corrected chi connectivity index (χ3v) is 2.09. The number of aryl methyl sites for hydroxylation is 1. The zero-order valence-electron chi connectivity index (χ0n) is 7.62. The standard InChI is InChI=1S/C12H11N/c1-3-10-5-7-12-11(8-10)6-4-9(2)13-12/h3-8H,1H2,2H3. The maximum absolute atomic E-state index is 4.42. The Kier molecular flexibility index (Phi) is 1.85. The molecule has 2 aromatic rings. The predicted octanol–water partition coefficient (Wildman–Crippen LogP) is 3.19. The van der Waals surface area contributed by atoms with Gasteiger partial charge in [0.2, 0.25) is 0 Å². The van der Waals surface area contributed by atoms with Gasteiger partial charge in [0.25, 0.3) is 0 Å². The molecule has 2 rings (SSSR count). The highest BCUT2D eigenvalue weighted by molar-refractivity contribution is 5.81. The second-order valence-electron chi connectivity index (χ2n) is 3.11. The van der Waals surface area contributed by atoms with E-state index in [1.165, 1.54) is 5.39 Å². The van der Waals surface area contributed by atoms with Crippen LogP contribution in [0, 0.1) is 6.92 Å². The highest BCUT2D eigenvalue weighted by Gasteiger charge is 1.94. The van der Waals surface area contributed by atoms with Crippen LogP contribution < -0.4 is 0 Å². The van der Waals surface area contributed by atoms with Gasteiger partial charge in [0.15, 0.2) is 0 Å². The van der Waals surface area contributed by atoms with Gasteiger partial charge in [-0.3, -0.25) is 4.98 Å². The molecule has 0 saturated carbocycles. The van der Waals surface area contributed by atoms with Crippen LogP contribution >= 0.6 is 0 Å². The average molecular weight is 169 g/mol. The van der Waals surface area contributed by atoms with Crippen molar-refractivity contribution in [2.24, 2.45) is 0 Å². The molecule has 1 heterocycles. The molecule has 0 fully saturated rings. The van der Waals surface area contributed by atoms with Crippen molar-refractivity contribution in [3.63, 3.8) is 0 Å². The summed E-state index contributed by atoms with van der Waals surface area (Å²) < 4.78 is 0. The van der Waals surface area contributed by atoms with Crippen molar-refractivity contribution in [2.75, 3.05) is 0 Å². The molecule has 1 nitrogen and oxygen atoms in total. The SMILES string of the molecule is C=Cc1ccc2nc(C)ccc2c1. The molecule has 13 heavy (non-hydrogen) atoms. The van der Waals surface area contributed by atoms with E-state index in [1.807, 2.05) is 31.2 Å². The first-order chi connectivity index (χ1) is 6.29. The predicted molar refractivity (Wildman–Crippen MR) is 56.6 cm³/mol. The van der Waals surface area contributed by atoms with E-state index in [-0.39, 0.29) is 0 Å². The fourth-order valence-corrected chi connectivity index (χ4v) is 1.37. The molecule has 0 aliphatic carbocycles. The van der Waals surface area contributed by atoms with Gasteiger partial charge >= 0.3 is 0 Å². The van der Waals surface area contributed by atoms with E-state index in [0.717, 1.165) is 16.8 Å². The third kappa shape index (κ3) is 1.45. The second kappa shape index (κ2) is 3.02. The zero-order valence-corrected chi connectivity index (χ0v) is 7.62. The van der Waals surface area contributed by atoms with Crippen LogP contribution in [0.5, 0.6) is 0 Å². The minimum Gasteiger partial charge on any atom is -0.253 e. The number of aromatic nitrogens is 1. The van der Waals surface area contributed by atoms with E-state index in [9.17, 15) is 0 Å². The Morgan fingerprint density at radius 2 is 2.08 bits per heavy atom. The minimum atomic E-state index is 1.05. The quantitative estimate of drug-likeness (QED) is 0.638. The molecule has 1 aromatic heterocycles. The second-order valence-corrected chi connectivity index (χ2v) is 3.11. The molecule has 0 amide bonds. The molecule has 0 bridgehead atoms. The normalized spacial score (nSPS) is 10.2. The Hall–Kier alpha value is -1.63. The number of benzene rings is 1. The highest BCUT2D eigenvalue weighted by atomic mass is 14.7. The molecule has 0 unspecified atom stereocenters. The number of hydrogen-bond acceptors (Lipinski definition) is 1. The van der Waals surface area contributed by atoms with E-state index in [2.05, 4.69) is 23.7 Å². The van der Waals surface area contributed by atoms with Gasteiger partial charge in [0.05, 0.1) is 5.52 Å². The Bertz CT molecular complexity index is 458. The summed E-state index contributed by atoms with van der Waals surface area (Å²) in [5.41, 5.74) is 3.24. The fourth-order valence-electron chi connectivity index (χ4n) is 1.37. The molecule has 0 atom stereocenters. The topological polar surface area (TPSA) is 12.9 Å². The lowest BCUT2D eigenvalue weighted by Crippen LogP contribution is -1.82. The Balaban J connectivity index is 2.73. The van der Waals surface area contributed by atoms with Gasteiger partial charge < -0.3 is 0 Å². The smallest absolute Gasteiger partial charge is 0.0705 e. The van der Waals surface area contributed by atoms with Gasteiger partial charge in [-0.1, -0.05) is 24.8 Å². The maximum Gasteiger partial charge on any atom is 0.0705 e. The number of pyridine rings is 1. The molecule has 0 aliphatic heterocycles. The van der Waals surface area contributed by atoms with Gasteiger partial charge in [-0.15, -0.1) is 0 Å². The summed E-state index contributed by atoms with van der Waals surface area (Å²) in [4.78, 5) is 4.42. The van der Waals surface area contributed by atoms with E-state index >= 15 is 0 Å². The summed E-state index contributed by atoms with van der Waals surface area (Å²) in [5, 5.41) is 1.17. The molecule has 0 radical (unpaired) electrons. The Morgan fingerprint density at radius 3 is 2.85 bits per heavy atom. The Morgan fingerprint density at radius 1 is 1.23 bits per heavy atom. The van der Waals surface area contributed by atoms with Gasteiger partial charge in [0.1, 0.15) is 0 Å².